The van der Waals surface area contributed by atoms with Crippen molar-refractivity contribution >= 4 is 19.8 Å². The number of ether oxygens (including phenoxy) is 2. The van der Waals surface area contributed by atoms with E-state index < -0.39 is 38.6 Å². The van der Waals surface area contributed by atoms with E-state index in [2.05, 4.69) is 62.5 Å². The molecule has 0 aromatic rings. The number of hydrogen-bond donors (Lipinski definition) is 2. The molecule has 0 fully saturated rings. The molecule has 0 rings (SSSR count). The summed E-state index contributed by atoms with van der Waals surface area (Å²) in [7, 11) is 1.36. The maximum absolute atomic E-state index is 12.6. The van der Waals surface area contributed by atoms with Gasteiger partial charge in [-0.15, -0.1) is 0 Å². The van der Waals surface area contributed by atoms with E-state index in [1.807, 2.05) is 33.3 Å². The van der Waals surface area contributed by atoms with E-state index in [4.69, 9.17) is 18.5 Å². The van der Waals surface area contributed by atoms with Crippen LogP contribution in [0.5, 0.6) is 0 Å². The van der Waals surface area contributed by atoms with Gasteiger partial charge in [-0.25, -0.2) is 4.57 Å². The molecule has 10 nitrogen and oxygen atoms in total. The van der Waals surface area contributed by atoms with Gasteiger partial charge in [-0.05, 0) is 70.6 Å². The molecule has 0 bridgehead atoms. The number of aliphatic hydroxyl groups is 1. The van der Waals surface area contributed by atoms with E-state index in [1.54, 1.807) is 12.2 Å². The third-order valence-electron chi connectivity index (χ3n) is 8.32. The zero-order valence-corrected chi connectivity index (χ0v) is 35.9. The van der Waals surface area contributed by atoms with Crippen molar-refractivity contribution in [1.29, 1.82) is 0 Å². The van der Waals surface area contributed by atoms with Crippen LogP contribution in [-0.4, -0.2) is 86.1 Å². The minimum Gasteiger partial charge on any atom is -0.462 e. The molecule has 0 spiro atoms. The second-order valence-electron chi connectivity index (χ2n) is 14.8. The number of phosphoric acid groups is 1. The zero-order chi connectivity index (χ0) is 40.9. The Hall–Kier alpha value is -2.59. The molecule has 0 aliphatic rings. The molecule has 55 heavy (non-hydrogen) atoms. The first-order valence-electron chi connectivity index (χ1n) is 20.8. The zero-order valence-electron chi connectivity index (χ0n) is 35.0. The number of nitrogens with zero attached hydrogens (tertiary/aromatic N) is 1. The lowest BCUT2D eigenvalue weighted by Gasteiger charge is -2.24. The Morgan fingerprint density at radius 1 is 0.673 bits per heavy atom. The molecular formula is C44H77NO9P+. The van der Waals surface area contributed by atoms with E-state index in [-0.39, 0.29) is 26.1 Å². The molecule has 0 aromatic heterocycles. The Kier molecular flexibility index (Phi) is 34.1. The Bertz CT molecular complexity index is 1190. The van der Waals surface area contributed by atoms with Crippen molar-refractivity contribution in [3.8, 4) is 0 Å². The fraction of sp³-hybridized carbons (Fsp3) is 0.682. The van der Waals surface area contributed by atoms with Crippen molar-refractivity contribution in [3.05, 3.63) is 72.9 Å². The maximum atomic E-state index is 12.6. The molecule has 0 saturated carbocycles. The average molecular weight is 795 g/mol. The number of carbonyl (C=O) groups excluding carboxylic acids is 2. The predicted molar refractivity (Wildman–Crippen MR) is 225 cm³/mol. The van der Waals surface area contributed by atoms with E-state index in [0.717, 1.165) is 64.2 Å². The third kappa shape index (κ3) is 39.4. The van der Waals surface area contributed by atoms with Gasteiger partial charge in [0.05, 0.1) is 33.9 Å². The van der Waals surface area contributed by atoms with Crippen molar-refractivity contribution in [2.45, 2.75) is 148 Å². The molecule has 0 saturated heterocycles. The number of allylic oxidation sites excluding steroid dienone is 11. The van der Waals surface area contributed by atoms with Gasteiger partial charge < -0.3 is 24.0 Å². The molecular weight excluding hydrogens is 717 g/mol. The van der Waals surface area contributed by atoms with Crippen LogP contribution in [0.1, 0.15) is 136 Å². The lowest BCUT2D eigenvalue weighted by atomic mass is 10.1. The molecule has 3 atom stereocenters. The highest BCUT2D eigenvalue weighted by Crippen LogP contribution is 2.43. The van der Waals surface area contributed by atoms with Gasteiger partial charge in [-0.1, -0.05) is 125 Å². The molecule has 316 valence electrons. The van der Waals surface area contributed by atoms with Gasteiger partial charge in [0.2, 0.25) is 0 Å². The van der Waals surface area contributed by atoms with Crippen LogP contribution >= 0.6 is 7.82 Å². The highest BCUT2D eigenvalue weighted by Gasteiger charge is 2.27. The minimum atomic E-state index is -4.42. The molecule has 0 radical (unpaired) electrons. The predicted octanol–water partition coefficient (Wildman–Crippen LogP) is 10.4. The van der Waals surface area contributed by atoms with Gasteiger partial charge in [0.15, 0.2) is 6.10 Å². The highest BCUT2D eigenvalue weighted by molar-refractivity contribution is 7.47. The summed E-state index contributed by atoms with van der Waals surface area (Å²) in [5, 5.41) is 10.3. The van der Waals surface area contributed by atoms with Crippen LogP contribution in [0.3, 0.4) is 0 Å². The van der Waals surface area contributed by atoms with Gasteiger partial charge in [-0.2, -0.15) is 0 Å². The summed E-state index contributed by atoms with van der Waals surface area (Å²) in [5.74, 6) is -1.02. The first kappa shape index (κ1) is 52.4. The number of esters is 2. The monoisotopic (exact) mass is 795 g/mol. The average Bonchev–Trinajstić information content (AvgIpc) is 3.12. The van der Waals surface area contributed by atoms with Crippen LogP contribution in [0, 0.1) is 0 Å². The Morgan fingerprint density at radius 2 is 1.25 bits per heavy atom. The molecule has 0 aromatic carbocycles. The largest absolute Gasteiger partial charge is 0.472 e. The number of quaternary nitrogens is 1. The van der Waals surface area contributed by atoms with Crippen LogP contribution in [0.4, 0.5) is 0 Å². The fourth-order valence-corrected chi connectivity index (χ4v) is 5.78. The summed E-state index contributed by atoms with van der Waals surface area (Å²) >= 11 is 0. The minimum absolute atomic E-state index is 0.00344. The van der Waals surface area contributed by atoms with Gasteiger partial charge in [-0.3, -0.25) is 18.6 Å². The summed E-state index contributed by atoms with van der Waals surface area (Å²) in [6, 6.07) is 0. The normalized spacial score (nSPS) is 15.0. The van der Waals surface area contributed by atoms with E-state index in [9.17, 15) is 24.2 Å². The van der Waals surface area contributed by atoms with Crippen molar-refractivity contribution in [2.24, 2.45) is 0 Å². The standard InChI is InChI=1S/C44H76NO9P/c1-6-8-10-12-14-16-18-20-22-24-26-28-30-33-41(46)34-32-36-43(47)51-39-42(40-53-55(49,50)52-38-37-45(3,4)5)54-44(48)35-31-29-27-25-23-21-19-17-15-13-11-9-7-2/h8,10,14,16-17,19-20,22,26,28,30,33,41-42,46H,6-7,9,11-13,15,18,21,23-25,27,29,31-32,34-40H2,1-5H3/p+1/b10-8-,16-14-,19-17-,22-20-,28-26-,33-30+/t41?,42-/m1/s1. The van der Waals surface area contributed by atoms with Gasteiger partial charge in [0, 0.05) is 12.8 Å². The van der Waals surface area contributed by atoms with Crippen LogP contribution in [0.25, 0.3) is 0 Å². The van der Waals surface area contributed by atoms with Gasteiger partial charge in [0.25, 0.3) is 0 Å². The van der Waals surface area contributed by atoms with E-state index in [1.165, 1.54) is 25.7 Å². The molecule has 2 unspecified atom stereocenters. The molecule has 11 heteroatoms. The van der Waals surface area contributed by atoms with Crippen LogP contribution < -0.4 is 0 Å². The Morgan fingerprint density at radius 3 is 1.89 bits per heavy atom. The summed E-state index contributed by atoms with van der Waals surface area (Å²) in [5.41, 5.74) is 0. The maximum Gasteiger partial charge on any atom is 0.472 e. The molecule has 0 aliphatic heterocycles. The second-order valence-corrected chi connectivity index (χ2v) is 16.3. The quantitative estimate of drug-likeness (QED) is 0.0159. The first-order chi connectivity index (χ1) is 26.4. The number of likely N-dealkylation sites (N-methyl/N-ethyl adjacent to an activating group) is 1. The van der Waals surface area contributed by atoms with Gasteiger partial charge >= 0.3 is 19.8 Å². The topological polar surface area (TPSA) is 129 Å². The Balaban J connectivity index is 4.62. The number of aliphatic hydroxyl groups excluding tert-OH is 1. The summed E-state index contributed by atoms with van der Waals surface area (Å²) in [6.07, 6.45) is 39.8. The van der Waals surface area contributed by atoms with Crippen LogP contribution in [-0.2, 0) is 32.7 Å². The lowest BCUT2D eigenvalue weighted by Crippen LogP contribution is -2.37. The summed E-state index contributed by atoms with van der Waals surface area (Å²) < 4.78 is 34.0. The highest BCUT2D eigenvalue weighted by atomic mass is 31.2. The van der Waals surface area contributed by atoms with Crippen molar-refractivity contribution in [1.82, 2.24) is 0 Å². The SMILES string of the molecule is CC/C=C\C/C=C\C/C=C\C/C=C\C=C\C(O)CCCC(=O)OC[C@H](COP(=O)(O)OCC[N+](C)(C)C)OC(=O)CCCCCCC/C=C\CCCCCC. The van der Waals surface area contributed by atoms with Crippen molar-refractivity contribution in [3.63, 3.8) is 0 Å². The number of hydrogen-bond acceptors (Lipinski definition) is 8. The van der Waals surface area contributed by atoms with Crippen LogP contribution in [0.2, 0.25) is 0 Å². The van der Waals surface area contributed by atoms with E-state index >= 15 is 0 Å². The molecule has 0 aliphatic carbocycles. The summed E-state index contributed by atoms with van der Waals surface area (Å²) in [4.78, 5) is 35.3. The number of carbonyl (C=O) groups is 2. The number of rotatable bonds is 36. The lowest BCUT2D eigenvalue weighted by molar-refractivity contribution is -0.870. The molecule has 2 N–H and O–H groups in total. The van der Waals surface area contributed by atoms with Crippen molar-refractivity contribution < 1.29 is 47.2 Å². The van der Waals surface area contributed by atoms with Gasteiger partial charge in [0.1, 0.15) is 19.8 Å². The fourth-order valence-electron chi connectivity index (χ4n) is 5.03. The molecule has 0 amide bonds. The summed E-state index contributed by atoms with van der Waals surface area (Å²) in [6.45, 7) is 4.02. The smallest absolute Gasteiger partial charge is 0.462 e. The third-order valence-corrected chi connectivity index (χ3v) is 9.31. The second kappa shape index (κ2) is 35.8. The first-order valence-corrected chi connectivity index (χ1v) is 22.3. The number of unbranched alkanes of at least 4 members (excludes halogenated alkanes) is 9. The van der Waals surface area contributed by atoms with Crippen molar-refractivity contribution in [2.75, 3.05) is 47.5 Å². The Labute approximate surface area is 334 Å². The van der Waals surface area contributed by atoms with E-state index in [0.29, 0.717) is 30.3 Å². The van der Waals surface area contributed by atoms with Crippen LogP contribution in [0.15, 0.2) is 72.9 Å². The molecule has 0 heterocycles. The number of phosphoric ester groups is 1.